The van der Waals surface area contributed by atoms with E-state index in [1.807, 2.05) is 11.8 Å². The number of hydrogen-bond donors (Lipinski definition) is 2. The van der Waals surface area contributed by atoms with E-state index >= 15 is 0 Å². The number of carbonyl (C=O) groups excluding carboxylic acids is 1. The standard InChI is InChI=1S/C15H30N4OS/c1-19(2)14(20)12-17-15(16-10-6-7-11-21-3)18-13-8-4-5-9-13/h13H,4-12H2,1-3H3,(H2,16,17,18). The number of guanidine groups is 1. The minimum atomic E-state index is 0.0323. The Kier molecular flexibility index (Phi) is 9.30. The maximum Gasteiger partial charge on any atom is 0.243 e. The van der Waals surface area contributed by atoms with E-state index in [1.54, 1.807) is 19.0 Å². The molecule has 0 unspecified atom stereocenters. The summed E-state index contributed by atoms with van der Waals surface area (Å²) in [6.45, 7) is 1.12. The smallest absolute Gasteiger partial charge is 0.243 e. The summed E-state index contributed by atoms with van der Waals surface area (Å²) in [5, 5.41) is 6.82. The zero-order chi connectivity index (χ0) is 15.5. The lowest BCUT2D eigenvalue weighted by molar-refractivity contribution is -0.127. The Morgan fingerprint density at radius 2 is 2.00 bits per heavy atom. The minimum absolute atomic E-state index is 0.0323. The van der Waals surface area contributed by atoms with E-state index in [0.29, 0.717) is 6.04 Å². The third-order valence-corrected chi connectivity index (χ3v) is 4.33. The first kappa shape index (κ1) is 18.1. The molecular formula is C15H30N4OS. The Morgan fingerprint density at radius 1 is 1.29 bits per heavy atom. The number of carbonyl (C=O) groups is 1. The molecular weight excluding hydrogens is 284 g/mol. The fraction of sp³-hybridized carbons (Fsp3) is 0.867. The lowest BCUT2D eigenvalue weighted by atomic mass is 10.2. The summed E-state index contributed by atoms with van der Waals surface area (Å²) >= 11 is 1.88. The topological polar surface area (TPSA) is 56.7 Å². The van der Waals surface area contributed by atoms with Crippen molar-refractivity contribution in [3.8, 4) is 0 Å². The molecule has 1 saturated carbocycles. The van der Waals surface area contributed by atoms with Crippen molar-refractivity contribution in [2.24, 2.45) is 4.99 Å². The van der Waals surface area contributed by atoms with Gasteiger partial charge >= 0.3 is 0 Å². The summed E-state index contributed by atoms with van der Waals surface area (Å²) in [6.07, 6.45) is 9.46. The Hall–Kier alpha value is -0.910. The summed E-state index contributed by atoms with van der Waals surface area (Å²) in [6, 6.07) is 0.511. The van der Waals surface area contributed by atoms with Crippen LogP contribution in [0.5, 0.6) is 0 Å². The van der Waals surface area contributed by atoms with Crippen molar-refractivity contribution in [1.29, 1.82) is 0 Å². The molecule has 0 aromatic rings. The number of nitrogens with zero attached hydrogens (tertiary/aromatic N) is 2. The van der Waals surface area contributed by atoms with Gasteiger partial charge in [0, 0.05) is 26.7 Å². The van der Waals surface area contributed by atoms with Gasteiger partial charge in [-0.2, -0.15) is 11.8 Å². The molecule has 1 fully saturated rings. The molecule has 0 heterocycles. The van der Waals surface area contributed by atoms with Gasteiger partial charge in [0.15, 0.2) is 5.96 Å². The molecule has 0 spiro atoms. The van der Waals surface area contributed by atoms with Crippen LogP contribution in [-0.4, -0.2) is 62.0 Å². The first-order valence-corrected chi connectivity index (χ1v) is 9.27. The van der Waals surface area contributed by atoms with Crippen LogP contribution in [-0.2, 0) is 4.79 Å². The van der Waals surface area contributed by atoms with Gasteiger partial charge in [-0.25, -0.2) is 4.99 Å². The first-order chi connectivity index (χ1) is 10.1. The van der Waals surface area contributed by atoms with Crippen LogP contribution in [0.25, 0.3) is 0 Å². The van der Waals surface area contributed by atoms with Crippen LogP contribution in [0, 0.1) is 0 Å². The highest BCUT2D eigenvalue weighted by atomic mass is 32.2. The van der Waals surface area contributed by atoms with E-state index in [0.717, 1.165) is 18.9 Å². The average Bonchev–Trinajstić information content (AvgIpc) is 2.96. The number of nitrogens with one attached hydrogen (secondary N) is 2. The molecule has 0 atom stereocenters. The van der Waals surface area contributed by atoms with Crippen molar-refractivity contribution in [3.63, 3.8) is 0 Å². The molecule has 0 aromatic carbocycles. The van der Waals surface area contributed by atoms with Gasteiger partial charge in [0.25, 0.3) is 0 Å². The number of thioether (sulfide) groups is 1. The molecule has 2 N–H and O–H groups in total. The van der Waals surface area contributed by atoms with Crippen LogP contribution < -0.4 is 10.6 Å². The molecule has 122 valence electrons. The molecule has 6 heteroatoms. The van der Waals surface area contributed by atoms with Crippen molar-refractivity contribution in [2.75, 3.05) is 39.2 Å². The maximum atomic E-state index is 11.7. The van der Waals surface area contributed by atoms with Crippen LogP contribution in [0.2, 0.25) is 0 Å². The molecule has 5 nitrogen and oxygen atoms in total. The summed E-state index contributed by atoms with van der Waals surface area (Å²) in [5.74, 6) is 2.02. The second kappa shape index (κ2) is 10.8. The summed E-state index contributed by atoms with van der Waals surface area (Å²) in [5.41, 5.74) is 0. The van der Waals surface area contributed by atoms with Gasteiger partial charge in [-0.05, 0) is 37.7 Å². The molecule has 0 radical (unpaired) electrons. The number of amides is 1. The van der Waals surface area contributed by atoms with Crippen LogP contribution in [0.4, 0.5) is 0 Å². The minimum Gasteiger partial charge on any atom is -0.356 e. The van der Waals surface area contributed by atoms with Crippen molar-refractivity contribution < 1.29 is 4.79 Å². The van der Waals surface area contributed by atoms with Crippen molar-refractivity contribution >= 4 is 23.6 Å². The van der Waals surface area contributed by atoms with Gasteiger partial charge in [-0.3, -0.25) is 4.79 Å². The molecule has 0 saturated heterocycles. The Balaban J connectivity index is 2.40. The van der Waals surface area contributed by atoms with E-state index in [4.69, 9.17) is 0 Å². The monoisotopic (exact) mass is 314 g/mol. The van der Waals surface area contributed by atoms with Crippen LogP contribution in [0.1, 0.15) is 38.5 Å². The fourth-order valence-corrected chi connectivity index (χ4v) is 2.78. The number of hydrogen-bond acceptors (Lipinski definition) is 3. The average molecular weight is 314 g/mol. The van der Waals surface area contributed by atoms with Crippen LogP contribution in [0.15, 0.2) is 4.99 Å². The Bertz CT molecular complexity index is 328. The van der Waals surface area contributed by atoms with Crippen molar-refractivity contribution in [3.05, 3.63) is 0 Å². The largest absolute Gasteiger partial charge is 0.356 e. The summed E-state index contributed by atoms with van der Waals surface area (Å²) in [7, 11) is 3.52. The second-order valence-electron chi connectivity index (χ2n) is 5.71. The van der Waals surface area contributed by atoms with Crippen molar-refractivity contribution in [2.45, 2.75) is 44.6 Å². The highest BCUT2D eigenvalue weighted by Crippen LogP contribution is 2.17. The van der Waals surface area contributed by atoms with Crippen molar-refractivity contribution in [1.82, 2.24) is 15.5 Å². The third kappa shape index (κ3) is 8.19. The second-order valence-corrected chi connectivity index (χ2v) is 6.69. The molecule has 0 bridgehead atoms. The SMILES string of the molecule is CSCCCCNC(=NCC(=O)N(C)C)NC1CCCC1. The molecule has 1 rings (SSSR count). The lowest BCUT2D eigenvalue weighted by Crippen LogP contribution is -2.43. The molecule has 21 heavy (non-hydrogen) atoms. The Morgan fingerprint density at radius 3 is 2.62 bits per heavy atom. The van der Waals surface area contributed by atoms with Gasteiger partial charge in [0.1, 0.15) is 6.54 Å². The quantitative estimate of drug-likeness (QED) is 0.407. The first-order valence-electron chi connectivity index (χ1n) is 7.87. The van der Waals surface area contributed by atoms with E-state index < -0.39 is 0 Å². The zero-order valence-corrected chi connectivity index (χ0v) is 14.5. The number of aliphatic imine (C=N–C) groups is 1. The fourth-order valence-electron chi connectivity index (χ4n) is 2.28. The number of likely N-dealkylation sites (N-methyl/N-ethyl adjacent to an activating group) is 1. The highest BCUT2D eigenvalue weighted by molar-refractivity contribution is 7.98. The van der Waals surface area contributed by atoms with E-state index in [-0.39, 0.29) is 12.5 Å². The maximum absolute atomic E-state index is 11.7. The molecule has 1 aliphatic carbocycles. The normalized spacial score (nSPS) is 16.0. The summed E-state index contributed by atoms with van der Waals surface area (Å²) < 4.78 is 0. The van der Waals surface area contributed by atoms with Crippen LogP contribution in [0.3, 0.4) is 0 Å². The number of rotatable bonds is 8. The van der Waals surface area contributed by atoms with E-state index in [2.05, 4.69) is 21.9 Å². The zero-order valence-electron chi connectivity index (χ0n) is 13.7. The van der Waals surface area contributed by atoms with Gasteiger partial charge in [0.05, 0.1) is 0 Å². The lowest BCUT2D eigenvalue weighted by Gasteiger charge is -2.18. The highest BCUT2D eigenvalue weighted by Gasteiger charge is 2.16. The van der Waals surface area contributed by atoms with Crippen LogP contribution >= 0.6 is 11.8 Å². The third-order valence-electron chi connectivity index (χ3n) is 3.63. The van der Waals surface area contributed by atoms with E-state index in [9.17, 15) is 4.79 Å². The van der Waals surface area contributed by atoms with Gasteiger partial charge in [-0.1, -0.05) is 12.8 Å². The van der Waals surface area contributed by atoms with Gasteiger partial charge in [0.2, 0.25) is 5.91 Å². The predicted molar refractivity (Wildman–Crippen MR) is 92.0 cm³/mol. The van der Waals surface area contributed by atoms with Gasteiger partial charge in [-0.15, -0.1) is 0 Å². The molecule has 0 aliphatic heterocycles. The number of unbranched alkanes of at least 4 members (excludes halogenated alkanes) is 1. The summed E-state index contributed by atoms with van der Waals surface area (Å²) in [4.78, 5) is 17.7. The Labute approximate surface area is 133 Å². The molecule has 1 aliphatic rings. The molecule has 1 amide bonds. The van der Waals surface area contributed by atoms with Gasteiger partial charge < -0.3 is 15.5 Å². The molecule has 0 aromatic heterocycles. The predicted octanol–water partition coefficient (Wildman–Crippen LogP) is 1.70. The van der Waals surface area contributed by atoms with E-state index in [1.165, 1.54) is 37.9 Å².